The van der Waals surface area contributed by atoms with Crippen molar-refractivity contribution in [2.75, 3.05) is 11.9 Å². The summed E-state index contributed by atoms with van der Waals surface area (Å²) in [7, 11) is -3.60. The number of halogens is 1. The van der Waals surface area contributed by atoms with Crippen LogP contribution in [0.5, 0.6) is 0 Å². The third kappa shape index (κ3) is 6.82. The van der Waals surface area contributed by atoms with Gasteiger partial charge in [0.2, 0.25) is 15.9 Å². The first kappa shape index (κ1) is 22.8. The van der Waals surface area contributed by atoms with Crippen LogP contribution in [0.2, 0.25) is 5.02 Å². The Morgan fingerprint density at radius 3 is 2.48 bits per heavy atom. The number of aromatic nitrogens is 4. The predicted molar refractivity (Wildman–Crippen MR) is 114 cm³/mol. The Bertz CT molecular complexity index is 1090. The Balaban J connectivity index is 1.45. The number of rotatable bonds is 10. The number of sulfonamides is 1. The molecule has 2 aromatic carbocycles. The second kappa shape index (κ2) is 10.4. The zero-order valence-electron chi connectivity index (χ0n) is 16.3. The van der Waals surface area contributed by atoms with Gasteiger partial charge < -0.3 is 5.11 Å². The van der Waals surface area contributed by atoms with Gasteiger partial charge in [0.05, 0.1) is 11.0 Å². The number of aromatic amines is 1. The quantitative estimate of drug-likeness (QED) is 0.357. The zero-order chi connectivity index (χ0) is 22.3. The summed E-state index contributed by atoms with van der Waals surface area (Å²) in [5, 5.41) is 26.0. The molecule has 0 aliphatic carbocycles. The summed E-state index contributed by atoms with van der Waals surface area (Å²) >= 11 is 5.78. The molecule has 3 aromatic rings. The lowest BCUT2D eigenvalue weighted by Gasteiger charge is -2.12. The van der Waals surface area contributed by atoms with Crippen LogP contribution in [0.15, 0.2) is 53.4 Å². The molecule has 10 nitrogen and oxygen atoms in total. The Labute approximate surface area is 184 Å². The van der Waals surface area contributed by atoms with Gasteiger partial charge in [-0.05, 0) is 53.4 Å². The highest BCUT2D eigenvalue weighted by Crippen LogP contribution is 2.19. The second-order valence-corrected chi connectivity index (χ2v) is 8.88. The highest BCUT2D eigenvalue weighted by atomic mass is 35.5. The fourth-order valence-electron chi connectivity index (χ4n) is 2.77. The maximum absolute atomic E-state index is 12.3. The average Bonchev–Trinajstić information content (AvgIpc) is 3.26. The van der Waals surface area contributed by atoms with Crippen molar-refractivity contribution < 1.29 is 18.3 Å². The molecule has 0 saturated carbocycles. The number of carbonyl (C=O) groups excluding carboxylic acids is 1. The maximum Gasteiger partial charge on any atom is 0.269 e. The summed E-state index contributed by atoms with van der Waals surface area (Å²) in [6.07, 6.45) is -0.0158. The van der Waals surface area contributed by atoms with E-state index in [0.717, 1.165) is 5.56 Å². The lowest BCUT2D eigenvalue weighted by atomic mass is 10.0. The van der Waals surface area contributed by atoms with E-state index in [0.29, 0.717) is 17.0 Å². The largest absolute Gasteiger partial charge is 0.388 e. The Hall–Kier alpha value is -2.86. The van der Waals surface area contributed by atoms with E-state index in [1.165, 1.54) is 24.3 Å². The van der Waals surface area contributed by atoms with Gasteiger partial charge in [0.15, 0.2) is 0 Å². The molecular weight excluding hydrogens is 444 g/mol. The second-order valence-electron chi connectivity index (χ2n) is 6.68. The molecule has 0 radical (unpaired) electrons. The summed E-state index contributed by atoms with van der Waals surface area (Å²) < 4.78 is 27.1. The smallest absolute Gasteiger partial charge is 0.269 e. The molecule has 1 heterocycles. The topological polar surface area (TPSA) is 150 Å². The number of nitrogens with one attached hydrogen (secondary N) is 3. The van der Waals surface area contributed by atoms with Crippen molar-refractivity contribution in [2.45, 2.75) is 30.3 Å². The number of benzene rings is 2. The number of amides is 1. The minimum Gasteiger partial charge on any atom is -0.388 e. The summed E-state index contributed by atoms with van der Waals surface area (Å²) in [5.74, 6) is -0.249. The lowest BCUT2D eigenvalue weighted by Crippen LogP contribution is -2.25. The van der Waals surface area contributed by atoms with Crippen LogP contribution in [0.3, 0.4) is 0 Å². The Morgan fingerprint density at radius 2 is 1.84 bits per heavy atom. The average molecular weight is 465 g/mol. The molecular formula is C19H21ClN6O4S. The van der Waals surface area contributed by atoms with Crippen molar-refractivity contribution in [1.29, 1.82) is 0 Å². The van der Waals surface area contributed by atoms with E-state index in [1.807, 2.05) is 12.1 Å². The molecule has 3 rings (SSSR count). The molecule has 12 heteroatoms. The fourth-order valence-corrected chi connectivity index (χ4v) is 3.93. The SMILES string of the molecule is O=C(CCC(O)c1ccc(CCNS(=O)(=O)c2ccc(Cl)cc2)cc1)Nc1nn[nH]n1. The minimum absolute atomic E-state index is 0.0792. The number of aliphatic hydroxyl groups excluding tert-OH is 1. The number of H-pyrrole nitrogens is 1. The monoisotopic (exact) mass is 464 g/mol. The first-order chi connectivity index (χ1) is 14.8. The van der Waals surface area contributed by atoms with Crippen LogP contribution in [-0.4, -0.2) is 46.6 Å². The van der Waals surface area contributed by atoms with Crippen LogP contribution in [0.4, 0.5) is 5.95 Å². The molecule has 0 aliphatic rings. The molecule has 4 N–H and O–H groups in total. The third-order valence-corrected chi connectivity index (χ3v) is 6.16. The Kier molecular flexibility index (Phi) is 7.69. The van der Waals surface area contributed by atoms with Gasteiger partial charge in [-0.15, -0.1) is 5.10 Å². The van der Waals surface area contributed by atoms with Gasteiger partial charge >= 0.3 is 0 Å². The normalized spacial score (nSPS) is 12.5. The summed E-state index contributed by atoms with van der Waals surface area (Å²) in [6, 6.07) is 13.1. The number of tetrazole rings is 1. The molecule has 1 unspecified atom stereocenters. The molecule has 0 bridgehead atoms. The van der Waals surface area contributed by atoms with Crippen molar-refractivity contribution in [1.82, 2.24) is 25.3 Å². The number of aliphatic hydroxyl groups is 1. The van der Waals surface area contributed by atoms with Gasteiger partial charge in [-0.2, -0.15) is 5.21 Å². The number of hydrogen-bond donors (Lipinski definition) is 4. The summed E-state index contributed by atoms with van der Waals surface area (Å²) in [6.45, 7) is 0.225. The molecule has 0 spiro atoms. The first-order valence-electron chi connectivity index (χ1n) is 9.39. The van der Waals surface area contributed by atoms with Crippen molar-refractivity contribution in [3.8, 4) is 0 Å². The summed E-state index contributed by atoms with van der Waals surface area (Å²) in [4.78, 5) is 12.0. The van der Waals surface area contributed by atoms with Gasteiger partial charge in [0.25, 0.3) is 5.95 Å². The molecule has 1 atom stereocenters. The first-order valence-corrected chi connectivity index (χ1v) is 11.2. The van der Waals surface area contributed by atoms with Crippen LogP contribution in [0.25, 0.3) is 0 Å². The predicted octanol–water partition coefficient (Wildman–Crippen LogP) is 1.83. The van der Waals surface area contributed by atoms with Crippen LogP contribution < -0.4 is 10.0 Å². The van der Waals surface area contributed by atoms with E-state index >= 15 is 0 Å². The number of anilines is 1. The van der Waals surface area contributed by atoms with E-state index in [1.54, 1.807) is 12.1 Å². The molecule has 0 aliphatic heterocycles. The van der Waals surface area contributed by atoms with E-state index in [9.17, 15) is 18.3 Å². The highest BCUT2D eigenvalue weighted by Gasteiger charge is 2.14. The number of hydrogen-bond acceptors (Lipinski definition) is 7. The van der Waals surface area contributed by atoms with Crippen LogP contribution in [0.1, 0.15) is 30.1 Å². The van der Waals surface area contributed by atoms with Crippen molar-refractivity contribution in [2.24, 2.45) is 0 Å². The van der Waals surface area contributed by atoms with Crippen LogP contribution in [-0.2, 0) is 21.2 Å². The number of nitrogens with zero attached hydrogens (tertiary/aromatic N) is 3. The van der Waals surface area contributed by atoms with Gasteiger partial charge in [-0.1, -0.05) is 41.0 Å². The van der Waals surface area contributed by atoms with E-state index < -0.39 is 16.1 Å². The van der Waals surface area contributed by atoms with Crippen LogP contribution >= 0.6 is 11.6 Å². The molecule has 0 saturated heterocycles. The van der Waals surface area contributed by atoms with Gasteiger partial charge in [0.1, 0.15) is 0 Å². The van der Waals surface area contributed by atoms with Crippen molar-refractivity contribution in [3.63, 3.8) is 0 Å². The van der Waals surface area contributed by atoms with E-state index in [2.05, 4.69) is 30.7 Å². The molecule has 1 aromatic heterocycles. The van der Waals surface area contributed by atoms with Crippen molar-refractivity contribution >= 4 is 33.5 Å². The molecule has 164 valence electrons. The standard InChI is InChI=1S/C19H21ClN6O4S/c20-15-5-7-16(8-6-15)31(29,30)21-12-11-13-1-3-14(4-2-13)17(27)9-10-18(28)22-19-23-25-26-24-19/h1-8,17,21,27H,9-12H2,(H2,22,23,24,25,26,28). The molecule has 0 fully saturated rings. The van der Waals surface area contributed by atoms with E-state index in [-0.39, 0.29) is 36.1 Å². The minimum atomic E-state index is -3.60. The van der Waals surface area contributed by atoms with Crippen molar-refractivity contribution in [3.05, 3.63) is 64.7 Å². The summed E-state index contributed by atoms with van der Waals surface area (Å²) in [5.41, 5.74) is 1.57. The Morgan fingerprint density at radius 1 is 1.13 bits per heavy atom. The highest BCUT2D eigenvalue weighted by molar-refractivity contribution is 7.89. The fraction of sp³-hybridized carbons (Fsp3) is 0.263. The number of carbonyl (C=O) groups is 1. The third-order valence-electron chi connectivity index (χ3n) is 4.44. The molecule has 1 amide bonds. The molecule has 31 heavy (non-hydrogen) atoms. The van der Waals surface area contributed by atoms with Crippen LogP contribution in [0, 0.1) is 0 Å². The lowest BCUT2D eigenvalue weighted by molar-refractivity contribution is -0.116. The zero-order valence-corrected chi connectivity index (χ0v) is 17.9. The maximum atomic E-state index is 12.3. The van der Waals surface area contributed by atoms with Gasteiger partial charge in [0, 0.05) is 18.0 Å². The van der Waals surface area contributed by atoms with Gasteiger partial charge in [-0.25, -0.2) is 13.1 Å². The van der Waals surface area contributed by atoms with E-state index in [4.69, 9.17) is 11.6 Å². The van der Waals surface area contributed by atoms with Gasteiger partial charge in [-0.3, -0.25) is 10.1 Å².